The van der Waals surface area contributed by atoms with Crippen LogP contribution in [0.1, 0.15) is 5.56 Å². The summed E-state index contributed by atoms with van der Waals surface area (Å²) in [6.45, 7) is 3.90. The second kappa shape index (κ2) is 4.85. The Labute approximate surface area is 118 Å². The zero-order valence-corrected chi connectivity index (χ0v) is 11.7. The molecule has 0 aliphatic rings. The van der Waals surface area contributed by atoms with Gasteiger partial charge in [-0.2, -0.15) is 0 Å². The largest absolute Gasteiger partial charge is 0.377 e. The van der Waals surface area contributed by atoms with Crippen LogP contribution in [-0.2, 0) is 0 Å². The molecule has 1 N–H and O–H groups in total. The lowest BCUT2D eigenvalue weighted by Gasteiger charge is -2.16. The van der Waals surface area contributed by atoms with Gasteiger partial charge < -0.3 is 9.88 Å². The number of H-pyrrole nitrogens is 1. The molecule has 3 heteroatoms. The van der Waals surface area contributed by atoms with E-state index in [-0.39, 0.29) is 0 Å². The van der Waals surface area contributed by atoms with Gasteiger partial charge in [-0.3, -0.25) is 0 Å². The maximum Gasteiger partial charge on any atom is 0.137 e. The van der Waals surface area contributed by atoms with E-state index in [9.17, 15) is 0 Å². The molecule has 0 aliphatic carbocycles. The van der Waals surface area contributed by atoms with Crippen LogP contribution in [0.15, 0.2) is 49.3 Å². The highest BCUT2D eigenvalue weighted by Gasteiger charge is 2.06. The normalized spacial score (nSPS) is 10.7. The Bertz CT molecular complexity index is 769. The van der Waals surface area contributed by atoms with Crippen LogP contribution in [0.5, 0.6) is 0 Å². The summed E-state index contributed by atoms with van der Waals surface area (Å²) in [5.41, 5.74) is 5.48. The molecule has 1 aromatic carbocycles. The number of benzene rings is 1. The monoisotopic (exact) mass is 263 g/mol. The smallest absolute Gasteiger partial charge is 0.137 e. The highest BCUT2D eigenvalue weighted by atomic mass is 15.1. The van der Waals surface area contributed by atoms with Gasteiger partial charge in [0.2, 0.25) is 0 Å². The predicted octanol–water partition coefficient (Wildman–Crippen LogP) is 3.94. The van der Waals surface area contributed by atoms with Gasteiger partial charge in [0.15, 0.2) is 0 Å². The van der Waals surface area contributed by atoms with E-state index in [1.54, 1.807) is 0 Å². The number of aromatic amines is 1. The minimum absolute atomic E-state index is 0.919. The summed E-state index contributed by atoms with van der Waals surface area (Å²) in [6.07, 6.45) is 5.70. The van der Waals surface area contributed by atoms with Crippen LogP contribution in [0.2, 0.25) is 0 Å². The average molecular weight is 263 g/mol. The van der Waals surface area contributed by atoms with Crippen molar-refractivity contribution in [1.82, 2.24) is 9.97 Å². The summed E-state index contributed by atoms with van der Waals surface area (Å²) >= 11 is 0. The summed E-state index contributed by atoms with van der Waals surface area (Å²) in [7, 11) is 4.07. The third-order valence-electron chi connectivity index (χ3n) is 3.46. The Morgan fingerprint density at radius 2 is 2.00 bits per heavy atom. The summed E-state index contributed by atoms with van der Waals surface area (Å²) in [6, 6.07) is 10.6. The molecule has 0 atom stereocenters. The third kappa shape index (κ3) is 2.07. The Hall–Kier alpha value is -2.55. The van der Waals surface area contributed by atoms with E-state index < -0.39 is 0 Å². The van der Waals surface area contributed by atoms with E-state index in [1.807, 2.05) is 38.6 Å². The summed E-state index contributed by atoms with van der Waals surface area (Å²) < 4.78 is 0. The minimum atomic E-state index is 0.919. The first-order chi connectivity index (χ1) is 9.69. The number of fused-ring (bicyclic) bond motifs is 1. The van der Waals surface area contributed by atoms with Crippen molar-refractivity contribution in [3.63, 3.8) is 0 Å². The van der Waals surface area contributed by atoms with Gasteiger partial charge in [0.1, 0.15) is 5.65 Å². The maximum atomic E-state index is 4.44. The number of rotatable bonds is 3. The molecule has 3 aromatic rings. The van der Waals surface area contributed by atoms with Gasteiger partial charge in [0.05, 0.1) is 0 Å². The fourth-order valence-electron chi connectivity index (χ4n) is 2.40. The molecule has 100 valence electrons. The zero-order chi connectivity index (χ0) is 14.1. The van der Waals surface area contributed by atoms with Crippen LogP contribution in [0.25, 0.3) is 28.2 Å². The van der Waals surface area contributed by atoms with Crippen molar-refractivity contribution < 1.29 is 0 Å². The number of nitrogens with one attached hydrogen (secondary N) is 1. The van der Waals surface area contributed by atoms with Crippen LogP contribution in [0, 0.1) is 0 Å². The van der Waals surface area contributed by atoms with Crippen LogP contribution < -0.4 is 4.90 Å². The number of hydrogen-bond donors (Lipinski definition) is 1. The fraction of sp³-hybridized carbons (Fsp3) is 0.118. The summed E-state index contributed by atoms with van der Waals surface area (Å²) in [5.74, 6) is 0. The van der Waals surface area contributed by atoms with Gasteiger partial charge in [-0.15, -0.1) is 0 Å². The Balaban J connectivity index is 2.11. The Morgan fingerprint density at radius 1 is 1.15 bits per heavy atom. The third-order valence-corrected chi connectivity index (χ3v) is 3.46. The predicted molar refractivity (Wildman–Crippen MR) is 85.9 cm³/mol. The molecule has 20 heavy (non-hydrogen) atoms. The van der Waals surface area contributed by atoms with Crippen molar-refractivity contribution in [2.24, 2.45) is 0 Å². The van der Waals surface area contributed by atoms with Crippen molar-refractivity contribution in [3.05, 3.63) is 54.9 Å². The topological polar surface area (TPSA) is 31.9 Å². The van der Waals surface area contributed by atoms with E-state index in [1.165, 1.54) is 5.69 Å². The van der Waals surface area contributed by atoms with Crippen molar-refractivity contribution in [3.8, 4) is 11.1 Å². The molecule has 0 spiro atoms. The lowest BCUT2D eigenvalue weighted by Crippen LogP contribution is -2.10. The molecule has 3 nitrogen and oxygen atoms in total. The van der Waals surface area contributed by atoms with Gasteiger partial charge in [0, 0.05) is 43.1 Å². The molecule has 0 radical (unpaired) electrons. The molecule has 2 aromatic heterocycles. The van der Waals surface area contributed by atoms with E-state index in [0.717, 1.165) is 27.7 Å². The minimum Gasteiger partial charge on any atom is -0.377 e. The lowest BCUT2D eigenvalue weighted by atomic mass is 10.0. The Kier molecular flexibility index (Phi) is 3.03. The van der Waals surface area contributed by atoms with E-state index in [4.69, 9.17) is 0 Å². The first-order valence-electron chi connectivity index (χ1n) is 6.56. The van der Waals surface area contributed by atoms with Crippen molar-refractivity contribution in [2.45, 2.75) is 0 Å². The van der Waals surface area contributed by atoms with E-state index in [2.05, 4.69) is 45.7 Å². The molecule has 0 amide bonds. The second-order valence-corrected chi connectivity index (χ2v) is 5.01. The van der Waals surface area contributed by atoms with Crippen LogP contribution in [0.3, 0.4) is 0 Å². The van der Waals surface area contributed by atoms with Gasteiger partial charge in [0.25, 0.3) is 0 Å². The fourth-order valence-corrected chi connectivity index (χ4v) is 2.40. The molecule has 3 rings (SSSR count). The first kappa shape index (κ1) is 12.5. The average Bonchev–Trinajstić information content (AvgIpc) is 2.93. The molecule has 0 unspecified atom stereocenters. The Morgan fingerprint density at radius 3 is 2.75 bits per heavy atom. The highest BCUT2D eigenvalue weighted by molar-refractivity contribution is 5.83. The van der Waals surface area contributed by atoms with Gasteiger partial charge in [-0.25, -0.2) is 4.98 Å². The highest BCUT2D eigenvalue weighted by Crippen LogP contribution is 2.28. The van der Waals surface area contributed by atoms with Crippen molar-refractivity contribution >= 4 is 22.8 Å². The molecule has 0 saturated carbocycles. The number of hydrogen-bond acceptors (Lipinski definition) is 2. The van der Waals surface area contributed by atoms with Crippen LogP contribution >= 0.6 is 0 Å². The van der Waals surface area contributed by atoms with Gasteiger partial charge >= 0.3 is 0 Å². The number of pyridine rings is 1. The molecule has 0 bridgehead atoms. The SMILES string of the molecule is C=Cc1cc(-c2cnc3[nH]ccc3c2)ccc1N(C)C. The van der Waals surface area contributed by atoms with E-state index in [0.29, 0.717) is 0 Å². The van der Waals surface area contributed by atoms with Crippen LogP contribution in [0.4, 0.5) is 5.69 Å². The lowest BCUT2D eigenvalue weighted by molar-refractivity contribution is 1.13. The molecule has 0 fully saturated rings. The van der Waals surface area contributed by atoms with Crippen molar-refractivity contribution in [2.75, 3.05) is 19.0 Å². The van der Waals surface area contributed by atoms with Crippen LogP contribution in [-0.4, -0.2) is 24.1 Å². The standard InChI is InChI=1S/C17H17N3/c1-4-12-9-13(5-6-16(12)20(2)3)15-10-14-7-8-18-17(14)19-11-15/h4-11H,1H2,2-3H3,(H,18,19). The number of aromatic nitrogens is 2. The zero-order valence-electron chi connectivity index (χ0n) is 11.7. The maximum absolute atomic E-state index is 4.44. The first-order valence-corrected chi connectivity index (χ1v) is 6.56. The second-order valence-electron chi connectivity index (χ2n) is 5.01. The summed E-state index contributed by atoms with van der Waals surface area (Å²) in [5, 5.41) is 1.12. The molecular weight excluding hydrogens is 246 g/mol. The number of nitrogens with zero attached hydrogens (tertiary/aromatic N) is 2. The van der Waals surface area contributed by atoms with E-state index >= 15 is 0 Å². The molecular formula is C17H17N3. The molecule has 2 heterocycles. The molecule has 0 aliphatic heterocycles. The molecule has 0 saturated heterocycles. The van der Waals surface area contributed by atoms with Gasteiger partial charge in [-0.05, 0) is 35.4 Å². The quantitative estimate of drug-likeness (QED) is 0.776. The van der Waals surface area contributed by atoms with Gasteiger partial charge in [-0.1, -0.05) is 18.7 Å². The summed E-state index contributed by atoms with van der Waals surface area (Å²) in [4.78, 5) is 9.64. The van der Waals surface area contributed by atoms with Crippen molar-refractivity contribution in [1.29, 1.82) is 0 Å². The number of anilines is 1.